The summed E-state index contributed by atoms with van der Waals surface area (Å²) in [6.07, 6.45) is 2.02. The number of hydrogen-bond acceptors (Lipinski definition) is 2. The second-order valence-corrected chi connectivity index (χ2v) is 16.3. The van der Waals surface area contributed by atoms with Crippen LogP contribution in [0.5, 0.6) is 5.75 Å². The first kappa shape index (κ1) is 29.5. The van der Waals surface area contributed by atoms with Gasteiger partial charge in [0.25, 0.3) is 0 Å². The highest BCUT2D eigenvalue weighted by molar-refractivity contribution is 8.01. The average molecular weight is 571 g/mol. The molecule has 0 aromatic heterocycles. The van der Waals surface area contributed by atoms with Crippen LogP contribution in [0, 0.1) is 0 Å². The Kier molecular flexibility index (Phi) is 8.22. The zero-order valence-electron chi connectivity index (χ0n) is 25.5. The summed E-state index contributed by atoms with van der Waals surface area (Å²) < 4.78 is 0. The predicted molar refractivity (Wildman–Crippen MR) is 184 cm³/mol. The van der Waals surface area contributed by atoms with Crippen LogP contribution in [-0.4, -0.2) is 11.3 Å². The van der Waals surface area contributed by atoms with Gasteiger partial charge in [-0.15, -0.1) is 0 Å². The summed E-state index contributed by atoms with van der Waals surface area (Å²) in [7, 11) is -2.28. The Balaban J connectivity index is 1.77. The molecular weight excluding hydrogens is 529 g/mol. The number of rotatable bonds is 6. The van der Waals surface area contributed by atoms with Gasteiger partial charge in [0.1, 0.15) is 34.2 Å². The number of hydrogen-bond donors (Lipinski definition) is 1. The highest BCUT2D eigenvalue weighted by Gasteiger charge is 2.48. The molecule has 0 heterocycles. The minimum atomic E-state index is -2.28. The monoisotopic (exact) mass is 570 g/mol. The quantitative estimate of drug-likeness (QED) is 0.161. The van der Waals surface area contributed by atoms with Gasteiger partial charge in [-0.1, -0.05) is 108 Å². The van der Waals surface area contributed by atoms with Crippen molar-refractivity contribution in [2.75, 3.05) is 0 Å². The number of aromatic hydroxyl groups is 1. The predicted octanol–water partition coefficient (Wildman–Crippen LogP) is 8.36. The van der Waals surface area contributed by atoms with E-state index in [1.54, 1.807) is 0 Å². The van der Waals surface area contributed by atoms with Gasteiger partial charge in [-0.3, -0.25) is 4.99 Å². The lowest BCUT2D eigenvalue weighted by atomic mass is 9.79. The van der Waals surface area contributed by atoms with Crippen LogP contribution in [0.25, 0.3) is 0 Å². The molecule has 0 fully saturated rings. The fourth-order valence-corrected chi connectivity index (χ4v) is 10.1. The fourth-order valence-electron chi connectivity index (χ4n) is 5.70. The van der Waals surface area contributed by atoms with Crippen molar-refractivity contribution in [3.05, 3.63) is 144 Å². The normalized spacial score (nSPS) is 12.5. The van der Waals surface area contributed by atoms with Gasteiger partial charge in [0.05, 0.1) is 5.69 Å². The Hall–Kier alpha value is -4.00. The van der Waals surface area contributed by atoms with Gasteiger partial charge in [0.15, 0.2) is 0 Å². The summed E-state index contributed by atoms with van der Waals surface area (Å²) in [5, 5.41) is 16.4. The van der Waals surface area contributed by atoms with Crippen LogP contribution in [0.4, 0.5) is 5.69 Å². The molecule has 0 aliphatic carbocycles. The van der Waals surface area contributed by atoms with Gasteiger partial charge >= 0.3 is 0 Å². The molecule has 5 rings (SSSR count). The van der Waals surface area contributed by atoms with E-state index in [0.29, 0.717) is 5.75 Å². The maximum atomic E-state index is 11.3. The third-order valence-electron chi connectivity index (χ3n) is 7.79. The van der Waals surface area contributed by atoms with Crippen molar-refractivity contribution in [1.29, 1.82) is 0 Å². The van der Waals surface area contributed by atoms with Crippen molar-refractivity contribution in [3.8, 4) is 5.75 Å². The van der Waals surface area contributed by atoms with Gasteiger partial charge in [0.2, 0.25) is 0 Å². The minimum Gasteiger partial charge on any atom is -0.507 e. The number of nitrogens with zero attached hydrogens (tertiary/aromatic N) is 1. The van der Waals surface area contributed by atoms with E-state index in [9.17, 15) is 5.11 Å². The van der Waals surface area contributed by atoms with Crippen LogP contribution in [0.2, 0.25) is 0 Å². The lowest BCUT2D eigenvalue weighted by molar-refractivity contribution is 0.423. The molecule has 212 valence electrons. The second kappa shape index (κ2) is 11.7. The summed E-state index contributed by atoms with van der Waals surface area (Å²) >= 11 is 0. The first-order valence-electron chi connectivity index (χ1n) is 14.6. The third kappa shape index (κ3) is 5.69. The van der Waals surface area contributed by atoms with E-state index < -0.39 is 7.26 Å². The molecule has 1 N–H and O–H groups in total. The molecule has 5 aromatic rings. The Morgan fingerprint density at radius 2 is 0.929 bits per heavy atom. The van der Waals surface area contributed by atoms with Crippen LogP contribution < -0.4 is 21.2 Å². The van der Waals surface area contributed by atoms with Crippen LogP contribution in [0.3, 0.4) is 0 Å². The topological polar surface area (TPSA) is 32.6 Å². The largest absolute Gasteiger partial charge is 0.507 e. The van der Waals surface area contributed by atoms with E-state index in [0.717, 1.165) is 22.4 Å². The van der Waals surface area contributed by atoms with Crippen molar-refractivity contribution in [2.45, 2.75) is 52.4 Å². The Morgan fingerprint density at radius 1 is 0.548 bits per heavy atom. The molecule has 0 saturated carbocycles. The minimum absolute atomic E-state index is 0.220. The number of aliphatic imine (C=N–C) groups is 1. The maximum absolute atomic E-state index is 11.3. The van der Waals surface area contributed by atoms with Crippen molar-refractivity contribution < 1.29 is 5.11 Å². The number of benzene rings is 5. The van der Waals surface area contributed by atoms with Crippen LogP contribution in [0.1, 0.15) is 58.2 Å². The molecule has 0 amide bonds. The van der Waals surface area contributed by atoms with E-state index in [1.165, 1.54) is 21.2 Å². The Bertz CT molecular complexity index is 1550. The van der Waals surface area contributed by atoms with Gasteiger partial charge in [-0.2, -0.15) is 0 Å². The molecule has 42 heavy (non-hydrogen) atoms. The summed E-state index contributed by atoms with van der Waals surface area (Å²) in [5.74, 6) is 0.372. The molecule has 0 radical (unpaired) electrons. The van der Waals surface area contributed by atoms with E-state index in [1.807, 2.05) is 18.3 Å². The highest BCUT2D eigenvalue weighted by atomic mass is 31.2. The lowest BCUT2D eigenvalue weighted by Crippen LogP contribution is -2.40. The molecule has 0 spiro atoms. The summed E-state index contributed by atoms with van der Waals surface area (Å²) in [6.45, 7) is 12.8. The molecule has 3 heteroatoms. The van der Waals surface area contributed by atoms with E-state index in [2.05, 4.69) is 157 Å². The second-order valence-electron chi connectivity index (χ2n) is 12.9. The number of phenols is 1. The Morgan fingerprint density at radius 3 is 1.33 bits per heavy atom. The van der Waals surface area contributed by atoms with E-state index in [-0.39, 0.29) is 10.8 Å². The zero-order valence-corrected chi connectivity index (χ0v) is 26.4. The molecule has 0 saturated heterocycles. The molecule has 5 aromatic carbocycles. The van der Waals surface area contributed by atoms with Crippen molar-refractivity contribution in [3.63, 3.8) is 0 Å². The Labute approximate surface area is 252 Å². The van der Waals surface area contributed by atoms with Crippen LogP contribution in [-0.2, 0) is 10.8 Å². The molecule has 0 aliphatic heterocycles. The maximum Gasteiger partial charge on any atom is 0.145 e. The molecule has 0 aliphatic rings. The van der Waals surface area contributed by atoms with E-state index >= 15 is 0 Å². The first-order valence-corrected chi connectivity index (χ1v) is 16.4. The summed E-state index contributed by atoms with van der Waals surface area (Å²) in [6, 6.07) is 45.5. The molecule has 0 bridgehead atoms. The van der Waals surface area contributed by atoms with Crippen molar-refractivity contribution in [2.24, 2.45) is 4.99 Å². The third-order valence-corrected chi connectivity index (χ3v) is 12.1. The van der Waals surface area contributed by atoms with Crippen molar-refractivity contribution in [1.82, 2.24) is 0 Å². The summed E-state index contributed by atoms with van der Waals surface area (Å²) in [4.78, 5) is 5.10. The first-order chi connectivity index (χ1) is 20.0. The average Bonchev–Trinajstić information content (AvgIpc) is 2.98. The van der Waals surface area contributed by atoms with E-state index in [4.69, 9.17) is 4.99 Å². The molecule has 2 nitrogen and oxygen atoms in total. The van der Waals surface area contributed by atoms with Gasteiger partial charge in [0, 0.05) is 22.9 Å². The fraction of sp³-hybridized carbons (Fsp3) is 0.205. The molecule has 0 atom stereocenters. The van der Waals surface area contributed by atoms with Gasteiger partial charge < -0.3 is 5.11 Å². The SMILES string of the molecule is CC(C)(C)c1cc(N=Cc2ccccc2[P+](c2ccccc2)(c2ccccc2)c2ccccc2)cc(C(C)(C)C)c1O. The van der Waals surface area contributed by atoms with Gasteiger partial charge in [-0.05, 0) is 71.5 Å². The summed E-state index contributed by atoms with van der Waals surface area (Å²) in [5.41, 5.74) is 3.32. The van der Waals surface area contributed by atoms with Crippen molar-refractivity contribution >= 4 is 40.4 Å². The molecule has 0 unspecified atom stereocenters. The van der Waals surface area contributed by atoms with Gasteiger partial charge in [-0.25, -0.2) is 0 Å². The smallest absolute Gasteiger partial charge is 0.145 e. The molecular formula is C39H41NOP+. The van der Waals surface area contributed by atoms with Crippen LogP contribution >= 0.6 is 7.26 Å². The van der Waals surface area contributed by atoms with Crippen LogP contribution in [0.15, 0.2) is 132 Å². The standard InChI is InChI=1S/C39H40NOP/c1-38(2,3)34-26-30(27-35(37(34)41)39(4,5)6)40-28-29-18-16-17-25-36(29)42(31-19-10-7-11-20-31,32-21-12-8-13-22-32)33-23-14-9-15-24-33/h7-28H,1-6H3/p+1. The lowest BCUT2D eigenvalue weighted by Gasteiger charge is -2.28. The zero-order chi connectivity index (χ0) is 30.0. The highest BCUT2D eigenvalue weighted by Crippen LogP contribution is 2.54. The number of phenolic OH excluding ortho intramolecular Hbond substituents is 1.